The Labute approximate surface area is 180 Å². The van der Waals surface area contributed by atoms with Gasteiger partial charge in [0.25, 0.3) is 0 Å². The van der Waals surface area contributed by atoms with Crippen molar-refractivity contribution in [1.82, 2.24) is 19.3 Å². The fourth-order valence-electron chi connectivity index (χ4n) is 3.57. The van der Waals surface area contributed by atoms with E-state index in [1.807, 2.05) is 0 Å². The predicted octanol–water partition coefficient (Wildman–Crippen LogP) is 4.06. The highest BCUT2D eigenvalue weighted by atomic mass is 32.2. The van der Waals surface area contributed by atoms with Crippen molar-refractivity contribution in [3.63, 3.8) is 0 Å². The number of nitriles is 1. The smallest absolute Gasteiger partial charge is 0.320 e. The van der Waals surface area contributed by atoms with Crippen LogP contribution in [0, 0.1) is 17.1 Å². The number of aromatic nitrogens is 3. The topological polar surface area (TPSA) is 101 Å². The first kappa shape index (κ1) is 22.2. The quantitative estimate of drug-likeness (QED) is 0.571. The van der Waals surface area contributed by atoms with Crippen LogP contribution < -0.4 is 4.72 Å². The van der Waals surface area contributed by atoms with E-state index in [-0.39, 0.29) is 17.3 Å². The maximum absolute atomic E-state index is 13.8. The summed E-state index contributed by atoms with van der Waals surface area (Å²) < 4.78 is 80.0. The number of halogens is 4. The van der Waals surface area contributed by atoms with Crippen LogP contribution in [0.5, 0.6) is 0 Å². The van der Waals surface area contributed by atoms with Gasteiger partial charge < -0.3 is 4.57 Å². The summed E-state index contributed by atoms with van der Waals surface area (Å²) in [5.41, 5.74) is 1.16. The monoisotopic (exact) mass is 467 g/mol. The minimum absolute atomic E-state index is 0.0204. The Hall–Kier alpha value is -3.04. The molecule has 7 nitrogen and oxygen atoms in total. The third kappa shape index (κ3) is 3.82. The third-order valence-electron chi connectivity index (χ3n) is 5.47. The van der Waals surface area contributed by atoms with Crippen LogP contribution in [0.25, 0.3) is 22.4 Å². The van der Waals surface area contributed by atoms with E-state index in [1.54, 1.807) is 9.29 Å². The lowest BCUT2D eigenvalue weighted by Crippen LogP contribution is -2.42. The normalized spacial score (nSPS) is 16.0. The van der Waals surface area contributed by atoms with Crippen molar-refractivity contribution in [2.45, 2.75) is 49.3 Å². The minimum Gasteiger partial charge on any atom is -0.320 e. The summed E-state index contributed by atoms with van der Waals surface area (Å²) in [6.07, 6.45) is -0.134. The lowest BCUT2D eigenvalue weighted by Gasteiger charge is -2.29. The SMILES string of the molecule is C[C@@H](NS(=O)(=O)c1ccc(-c2c(C#N)c3cc(F)cnc3n2C2CCC2)nc1)C(F)(F)F. The molecule has 0 radical (unpaired) electrons. The second-order valence-corrected chi connectivity index (χ2v) is 9.29. The Bertz CT molecular complexity index is 1320. The molecule has 1 aliphatic carbocycles. The zero-order valence-corrected chi connectivity index (χ0v) is 17.5. The first-order valence-electron chi connectivity index (χ1n) is 9.68. The van der Waals surface area contributed by atoms with Crippen LogP contribution in [-0.4, -0.2) is 35.2 Å². The van der Waals surface area contributed by atoms with Gasteiger partial charge in [-0.2, -0.15) is 23.2 Å². The minimum atomic E-state index is -4.74. The van der Waals surface area contributed by atoms with E-state index in [1.165, 1.54) is 12.1 Å². The van der Waals surface area contributed by atoms with E-state index >= 15 is 0 Å². The van der Waals surface area contributed by atoms with Gasteiger partial charge in [0.2, 0.25) is 10.0 Å². The van der Waals surface area contributed by atoms with Crippen LogP contribution >= 0.6 is 0 Å². The van der Waals surface area contributed by atoms with E-state index in [0.717, 1.165) is 37.7 Å². The van der Waals surface area contributed by atoms with E-state index in [4.69, 9.17) is 0 Å². The van der Waals surface area contributed by atoms with Crippen molar-refractivity contribution in [1.29, 1.82) is 5.26 Å². The van der Waals surface area contributed by atoms with Gasteiger partial charge in [-0.05, 0) is 44.4 Å². The standard InChI is InChI=1S/C20H17F4N5O2S/c1-11(20(22,23)24)28-32(30,31)14-5-6-17(26-10-14)18-16(8-25)15-7-12(21)9-27-19(15)29(18)13-3-2-4-13/h5-7,9-11,13,28H,2-4H2,1H3/t11-/m1/s1. The van der Waals surface area contributed by atoms with Crippen molar-refractivity contribution in [3.05, 3.63) is 42.0 Å². The van der Waals surface area contributed by atoms with Crippen LogP contribution in [0.1, 0.15) is 37.8 Å². The van der Waals surface area contributed by atoms with Crippen LogP contribution in [0.15, 0.2) is 35.5 Å². The maximum Gasteiger partial charge on any atom is 0.404 e. The molecule has 1 N–H and O–H groups in total. The molecule has 4 rings (SSSR count). The Morgan fingerprint density at radius 2 is 1.97 bits per heavy atom. The molecular formula is C20H17F4N5O2S. The third-order valence-corrected chi connectivity index (χ3v) is 7.00. The van der Waals surface area contributed by atoms with E-state index in [9.17, 15) is 31.2 Å². The molecule has 0 unspecified atom stereocenters. The highest BCUT2D eigenvalue weighted by Gasteiger charge is 2.39. The molecule has 168 valence electrons. The Morgan fingerprint density at radius 3 is 2.50 bits per heavy atom. The van der Waals surface area contributed by atoms with Crippen LogP contribution in [0.3, 0.4) is 0 Å². The first-order valence-corrected chi connectivity index (χ1v) is 11.2. The summed E-state index contributed by atoms with van der Waals surface area (Å²) in [5.74, 6) is -0.606. The van der Waals surface area contributed by atoms with Crippen LogP contribution in [0.2, 0.25) is 0 Å². The highest BCUT2D eigenvalue weighted by molar-refractivity contribution is 7.89. The number of rotatable bonds is 5. The van der Waals surface area contributed by atoms with Crippen molar-refractivity contribution in [2.24, 2.45) is 0 Å². The number of alkyl halides is 3. The molecule has 1 aliphatic rings. The van der Waals surface area contributed by atoms with Crippen molar-refractivity contribution < 1.29 is 26.0 Å². The average Bonchev–Trinajstić information content (AvgIpc) is 2.99. The molecule has 0 spiro atoms. The summed E-state index contributed by atoms with van der Waals surface area (Å²) in [7, 11) is -4.47. The molecule has 1 atom stereocenters. The lowest BCUT2D eigenvalue weighted by atomic mass is 9.92. The molecule has 3 heterocycles. The van der Waals surface area contributed by atoms with Gasteiger partial charge in [-0.25, -0.2) is 17.8 Å². The molecule has 0 bridgehead atoms. The van der Waals surface area contributed by atoms with E-state index < -0.39 is 33.0 Å². The van der Waals surface area contributed by atoms with Gasteiger partial charge in [0.05, 0.1) is 23.1 Å². The Morgan fingerprint density at radius 1 is 1.25 bits per heavy atom. The van der Waals surface area contributed by atoms with Crippen molar-refractivity contribution in [3.8, 4) is 17.5 Å². The molecule has 32 heavy (non-hydrogen) atoms. The summed E-state index contributed by atoms with van der Waals surface area (Å²) in [5, 5.41) is 10.1. The van der Waals surface area contributed by atoms with Gasteiger partial charge in [0, 0.05) is 17.6 Å². The Kier molecular flexibility index (Phi) is 5.42. The molecule has 0 amide bonds. The zero-order chi connectivity index (χ0) is 23.3. The molecule has 1 saturated carbocycles. The number of hydrogen-bond donors (Lipinski definition) is 1. The maximum atomic E-state index is 13.8. The second-order valence-electron chi connectivity index (χ2n) is 7.58. The van der Waals surface area contributed by atoms with Gasteiger partial charge >= 0.3 is 6.18 Å². The van der Waals surface area contributed by atoms with Gasteiger partial charge in [0.15, 0.2) is 0 Å². The summed E-state index contributed by atoms with van der Waals surface area (Å²) in [6, 6.07) is 3.43. The first-order chi connectivity index (χ1) is 15.0. The van der Waals surface area contributed by atoms with Crippen molar-refractivity contribution >= 4 is 21.1 Å². The molecular weight excluding hydrogens is 450 g/mol. The zero-order valence-electron chi connectivity index (χ0n) is 16.7. The fourth-order valence-corrected chi connectivity index (χ4v) is 4.75. The number of nitrogens with zero attached hydrogens (tertiary/aromatic N) is 4. The molecule has 3 aromatic heterocycles. The molecule has 3 aromatic rings. The predicted molar refractivity (Wildman–Crippen MR) is 106 cm³/mol. The molecule has 0 aromatic carbocycles. The van der Waals surface area contributed by atoms with Crippen LogP contribution in [-0.2, 0) is 10.0 Å². The largest absolute Gasteiger partial charge is 0.404 e. The summed E-state index contributed by atoms with van der Waals surface area (Å²) in [4.78, 5) is 7.81. The van der Waals surface area contributed by atoms with E-state index in [0.29, 0.717) is 23.7 Å². The molecule has 0 aliphatic heterocycles. The number of nitrogens with one attached hydrogen (secondary N) is 1. The molecule has 12 heteroatoms. The van der Waals surface area contributed by atoms with Gasteiger partial charge in [-0.3, -0.25) is 4.98 Å². The van der Waals surface area contributed by atoms with Gasteiger partial charge in [-0.1, -0.05) is 0 Å². The van der Waals surface area contributed by atoms with E-state index in [2.05, 4.69) is 16.0 Å². The second kappa shape index (κ2) is 7.83. The van der Waals surface area contributed by atoms with Gasteiger partial charge in [-0.15, -0.1) is 0 Å². The number of hydrogen-bond acceptors (Lipinski definition) is 5. The summed E-state index contributed by atoms with van der Waals surface area (Å²) in [6.45, 7) is 0.696. The van der Waals surface area contributed by atoms with Crippen LogP contribution in [0.4, 0.5) is 17.6 Å². The lowest BCUT2D eigenvalue weighted by molar-refractivity contribution is -0.147. The average molecular weight is 467 g/mol. The highest BCUT2D eigenvalue weighted by Crippen LogP contribution is 2.41. The molecule has 1 fully saturated rings. The number of pyridine rings is 2. The molecule has 0 saturated heterocycles. The summed E-state index contributed by atoms with van der Waals surface area (Å²) >= 11 is 0. The Balaban J connectivity index is 1.80. The van der Waals surface area contributed by atoms with Crippen molar-refractivity contribution in [2.75, 3.05) is 0 Å². The fraction of sp³-hybridized carbons (Fsp3) is 0.350. The number of sulfonamides is 1. The number of fused-ring (bicyclic) bond motifs is 1. The van der Waals surface area contributed by atoms with Gasteiger partial charge in [0.1, 0.15) is 28.5 Å².